The lowest BCUT2D eigenvalue weighted by atomic mass is 10.2. The Kier molecular flexibility index (Phi) is 5.30. The first-order valence-corrected chi connectivity index (χ1v) is 8.77. The van der Waals surface area contributed by atoms with Crippen LogP contribution in [-0.2, 0) is 13.0 Å². The second-order valence-corrected chi connectivity index (χ2v) is 6.67. The molecule has 0 spiro atoms. The summed E-state index contributed by atoms with van der Waals surface area (Å²) in [5.74, 6) is 1.06. The number of nitrogens with one attached hydrogen (secondary N) is 1. The topological polar surface area (TPSA) is 21.3 Å². The molecule has 0 unspecified atom stereocenters. The van der Waals surface area contributed by atoms with E-state index in [2.05, 4.69) is 47.1 Å². The summed E-state index contributed by atoms with van der Waals surface area (Å²) in [4.78, 5) is 1.44. The highest BCUT2D eigenvalue weighted by atomic mass is 32.1. The fourth-order valence-electron chi connectivity index (χ4n) is 2.84. The van der Waals surface area contributed by atoms with Crippen LogP contribution < -0.4 is 10.1 Å². The molecule has 0 amide bonds. The minimum absolute atomic E-state index is 0.428. The summed E-state index contributed by atoms with van der Waals surface area (Å²) in [5, 5.41) is 5.67. The van der Waals surface area contributed by atoms with Gasteiger partial charge in [-0.1, -0.05) is 24.3 Å². The zero-order valence-electron chi connectivity index (χ0n) is 12.4. The summed E-state index contributed by atoms with van der Waals surface area (Å²) in [5.41, 5.74) is 1.27. The van der Waals surface area contributed by atoms with Crippen LogP contribution in [-0.4, -0.2) is 12.6 Å². The SMILES string of the molecule is c1csc(CCNCc2ccccc2OC2CCCC2)c1. The van der Waals surface area contributed by atoms with Crippen LogP contribution in [0.25, 0.3) is 0 Å². The smallest absolute Gasteiger partial charge is 0.124 e. The molecule has 1 fully saturated rings. The van der Waals surface area contributed by atoms with Crippen LogP contribution in [0.5, 0.6) is 5.75 Å². The molecule has 1 heterocycles. The van der Waals surface area contributed by atoms with Crippen LogP contribution in [0.4, 0.5) is 0 Å². The van der Waals surface area contributed by atoms with Crippen molar-refractivity contribution in [3.63, 3.8) is 0 Å². The highest BCUT2D eigenvalue weighted by Gasteiger charge is 2.17. The van der Waals surface area contributed by atoms with Crippen molar-refractivity contribution >= 4 is 11.3 Å². The number of hydrogen-bond donors (Lipinski definition) is 1. The van der Waals surface area contributed by atoms with E-state index in [1.807, 2.05) is 11.3 Å². The molecule has 3 heteroatoms. The van der Waals surface area contributed by atoms with Gasteiger partial charge >= 0.3 is 0 Å². The molecule has 1 aliphatic carbocycles. The highest BCUT2D eigenvalue weighted by Crippen LogP contribution is 2.26. The van der Waals surface area contributed by atoms with E-state index in [0.717, 1.165) is 25.3 Å². The highest BCUT2D eigenvalue weighted by molar-refractivity contribution is 7.09. The van der Waals surface area contributed by atoms with Gasteiger partial charge in [-0.2, -0.15) is 0 Å². The molecule has 0 bridgehead atoms. The van der Waals surface area contributed by atoms with Crippen molar-refractivity contribution in [2.45, 2.75) is 44.8 Å². The Labute approximate surface area is 131 Å². The second kappa shape index (κ2) is 7.62. The molecule has 2 aromatic rings. The molecule has 1 N–H and O–H groups in total. The van der Waals surface area contributed by atoms with E-state index >= 15 is 0 Å². The van der Waals surface area contributed by atoms with E-state index in [1.165, 1.54) is 36.1 Å². The van der Waals surface area contributed by atoms with Gasteiger partial charge in [-0.15, -0.1) is 11.3 Å². The van der Waals surface area contributed by atoms with Crippen LogP contribution in [0, 0.1) is 0 Å². The Morgan fingerprint density at radius 3 is 2.76 bits per heavy atom. The standard InChI is InChI=1S/C18H23NOS/c1-4-10-18(20-16-7-2-3-8-16)15(6-1)14-19-12-11-17-9-5-13-21-17/h1,4-6,9-10,13,16,19H,2-3,7-8,11-12,14H2. The van der Waals surface area contributed by atoms with Crippen LogP contribution in [0.1, 0.15) is 36.1 Å². The molecule has 0 radical (unpaired) electrons. The second-order valence-electron chi connectivity index (χ2n) is 5.64. The fourth-order valence-corrected chi connectivity index (χ4v) is 3.55. The largest absolute Gasteiger partial charge is 0.490 e. The Morgan fingerprint density at radius 2 is 1.95 bits per heavy atom. The predicted octanol–water partition coefficient (Wildman–Crippen LogP) is 4.40. The van der Waals surface area contributed by atoms with Crippen molar-refractivity contribution in [3.05, 3.63) is 52.2 Å². The van der Waals surface area contributed by atoms with Gasteiger partial charge in [0.25, 0.3) is 0 Å². The minimum Gasteiger partial charge on any atom is -0.490 e. The van der Waals surface area contributed by atoms with E-state index < -0.39 is 0 Å². The Hall–Kier alpha value is -1.32. The van der Waals surface area contributed by atoms with Crippen molar-refractivity contribution < 1.29 is 4.74 Å². The van der Waals surface area contributed by atoms with Gasteiger partial charge in [-0.3, -0.25) is 0 Å². The zero-order chi connectivity index (χ0) is 14.3. The maximum Gasteiger partial charge on any atom is 0.124 e. The quantitative estimate of drug-likeness (QED) is 0.765. The minimum atomic E-state index is 0.428. The summed E-state index contributed by atoms with van der Waals surface area (Å²) >= 11 is 1.83. The molecular weight excluding hydrogens is 278 g/mol. The molecule has 21 heavy (non-hydrogen) atoms. The maximum atomic E-state index is 6.17. The number of thiophene rings is 1. The van der Waals surface area contributed by atoms with Gasteiger partial charge in [0.2, 0.25) is 0 Å². The molecule has 1 saturated carbocycles. The number of benzene rings is 1. The predicted molar refractivity (Wildman–Crippen MR) is 89.1 cm³/mol. The zero-order valence-corrected chi connectivity index (χ0v) is 13.2. The summed E-state index contributed by atoms with van der Waals surface area (Å²) in [6.45, 7) is 1.90. The van der Waals surface area contributed by atoms with Crippen molar-refractivity contribution in [2.75, 3.05) is 6.54 Å². The van der Waals surface area contributed by atoms with Gasteiger partial charge in [0, 0.05) is 23.5 Å². The van der Waals surface area contributed by atoms with Gasteiger partial charge in [0.15, 0.2) is 0 Å². The van der Waals surface area contributed by atoms with Gasteiger partial charge < -0.3 is 10.1 Å². The summed E-state index contributed by atoms with van der Waals surface area (Å²) in [6, 6.07) is 12.8. The molecule has 1 aliphatic rings. The van der Waals surface area contributed by atoms with Crippen LogP contribution in [0.3, 0.4) is 0 Å². The van der Waals surface area contributed by atoms with Crippen molar-refractivity contribution in [3.8, 4) is 5.75 Å². The molecule has 0 aliphatic heterocycles. The third-order valence-corrected chi connectivity index (χ3v) is 4.95. The maximum absolute atomic E-state index is 6.17. The van der Waals surface area contributed by atoms with Gasteiger partial charge in [0.05, 0.1) is 6.10 Å². The lowest BCUT2D eigenvalue weighted by molar-refractivity contribution is 0.207. The van der Waals surface area contributed by atoms with Crippen LogP contribution in [0.2, 0.25) is 0 Å². The molecule has 0 saturated heterocycles. The van der Waals surface area contributed by atoms with Crippen LogP contribution in [0.15, 0.2) is 41.8 Å². The van der Waals surface area contributed by atoms with Gasteiger partial charge in [0.1, 0.15) is 5.75 Å². The first-order chi connectivity index (χ1) is 10.4. The lowest BCUT2D eigenvalue weighted by Gasteiger charge is -2.16. The Bertz CT molecular complexity index is 532. The molecule has 112 valence electrons. The first-order valence-electron chi connectivity index (χ1n) is 7.89. The van der Waals surface area contributed by atoms with E-state index in [1.54, 1.807) is 0 Å². The number of rotatable bonds is 7. The monoisotopic (exact) mass is 301 g/mol. The van der Waals surface area contributed by atoms with E-state index in [-0.39, 0.29) is 0 Å². The normalized spacial score (nSPS) is 15.4. The molecule has 2 nitrogen and oxygen atoms in total. The fraction of sp³-hybridized carbons (Fsp3) is 0.444. The van der Waals surface area contributed by atoms with Gasteiger partial charge in [-0.05, 0) is 49.6 Å². The molecule has 1 aromatic heterocycles. The number of hydrogen-bond acceptors (Lipinski definition) is 3. The third-order valence-electron chi connectivity index (χ3n) is 4.01. The average Bonchev–Trinajstić information content (AvgIpc) is 3.18. The summed E-state index contributed by atoms with van der Waals surface area (Å²) in [6.07, 6.45) is 6.57. The molecule has 0 atom stereocenters. The number of para-hydroxylation sites is 1. The molecular formula is C18H23NOS. The summed E-state index contributed by atoms with van der Waals surface area (Å²) in [7, 11) is 0. The lowest BCUT2D eigenvalue weighted by Crippen LogP contribution is -2.18. The van der Waals surface area contributed by atoms with Crippen LogP contribution >= 0.6 is 11.3 Å². The Balaban J connectivity index is 1.49. The molecule has 3 rings (SSSR count). The number of ether oxygens (including phenoxy) is 1. The average molecular weight is 301 g/mol. The Morgan fingerprint density at radius 1 is 1.10 bits per heavy atom. The molecule has 1 aromatic carbocycles. The van der Waals surface area contributed by atoms with Gasteiger partial charge in [-0.25, -0.2) is 0 Å². The third kappa shape index (κ3) is 4.32. The van der Waals surface area contributed by atoms with E-state index in [4.69, 9.17) is 4.74 Å². The first kappa shape index (κ1) is 14.6. The van der Waals surface area contributed by atoms with Crippen molar-refractivity contribution in [1.29, 1.82) is 0 Å². The van der Waals surface area contributed by atoms with E-state index in [9.17, 15) is 0 Å². The van der Waals surface area contributed by atoms with Crippen molar-refractivity contribution in [1.82, 2.24) is 5.32 Å². The van der Waals surface area contributed by atoms with E-state index in [0.29, 0.717) is 6.10 Å². The summed E-state index contributed by atoms with van der Waals surface area (Å²) < 4.78 is 6.17. The van der Waals surface area contributed by atoms with Crippen molar-refractivity contribution in [2.24, 2.45) is 0 Å².